The summed E-state index contributed by atoms with van der Waals surface area (Å²) in [5, 5.41) is 0. The van der Waals surface area contributed by atoms with Crippen LogP contribution in [0.25, 0.3) is 0 Å². The molecule has 0 saturated carbocycles. The van der Waals surface area contributed by atoms with Gasteiger partial charge >= 0.3 is 0 Å². The van der Waals surface area contributed by atoms with Gasteiger partial charge in [-0.3, -0.25) is 14.5 Å². The molecule has 0 spiro atoms. The minimum atomic E-state index is -0.317. The van der Waals surface area contributed by atoms with E-state index in [-0.39, 0.29) is 30.3 Å². The van der Waals surface area contributed by atoms with Crippen LogP contribution in [0.2, 0.25) is 0 Å². The summed E-state index contributed by atoms with van der Waals surface area (Å²) in [5.41, 5.74) is 5.52. The number of likely N-dealkylation sites (tertiary alicyclic amines) is 1. The first kappa shape index (κ1) is 12.1. The summed E-state index contributed by atoms with van der Waals surface area (Å²) in [4.78, 5) is 24.6. The third-order valence-electron chi connectivity index (χ3n) is 2.58. The van der Waals surface area contributed by atoms with E-state index in [0.29, 0.717) is 19.4 Å². The molecule has 0 aromatic carbocycles. The number of nitrogens with two attached hydrogens (primary N) is 1. The van der Waals surface area contributed by atoms with Crippen molar-refractivity contribution in [2.75, 3.05) is 20.3 Å². The van der Waals surface area contributed by atoms with Crippen molar-refractivity contribution in [3.8, 4) is 0 Å². The van der Waals surface area contributed by atoms with Crippen molar-refractivity contribution in [2.45, 2.75) is 25.8 Å². The van der Waals surface area contributed by atoms with Crippen LogP contribution >= 0.6 is 0 Å². The molecule has 5 heteroatoms. The molecule has 1 aliphatic rings. The molecule has 5 nitrogen and oxygen atoms in total. The van der Waals surface area contributed by atoms with Crippen molar-refractivity contribution < 1.29 is 14.3 Å². The number of hydrogen-bond donors (Lipinski definition) is 1. The molecule has 1 fully saturated rings. The Kier molecular flexibility index (Phi) is 4.23. The molecular weight excluding hydrogens is 196 g/mol. The third-order valence-corrected chi connectivity index (χ3v) is 2.58. The van der Waals surface area contributed by atoms with Crippen molar-refractivity contribution in [1.82, 2.24) is 4.90 Å². The Morgan fingerprint density at radius 1 is 1.47 bits per heavy atom. The summed E-state index contributed by atoms with van der Waals surface area (Å²) in [5.74, 6) is -0.125. The lowest BCUT2D eigenvalue weighted by Crippen LogP contribution is -2.53. The molecule has 0 aliphatic carbocycles. The maximum atomic E-state index is 11.7. The highest BCUT2D eigenvalue weighted by Crippen LogP contribution is 2.20. The van der Waals surface area contributed by atoms with Crippen molar-refractivity contribution in [3.05, 3.63) is 0 Å². The molecule has 15 heavy (non-hydrogen) atoms. The highest BCUT2D eigenvalue weighted by Gasteiger charge is 2.34. The molecule has 86 valence electrons. The Morgan fingerprint density at radius 3 is 2.40 bits per heavy atom. The van der Waals surface area contributed by atoms with Crippen molar-refractivity contribution in [3.63, 3.8) is 0 Å². The number of imide groups is 1. The standard InChI is InChI=1S/C10H18N2O3/c1-7-3-9(13)12(10(14)4-7)8(5-11)6-15-2/h7-8H,3-6,11H2,1-2H3. The van der Waals surface area contributed by atoms with E-state index in [1.807, 2.05) is 6.92 Å². The lowest BCUT2D eigenvalue weighted by atomic mass is 9.96. The smallest absolute Gasteiger partial charge is 0.229 e. The Morgan fingerprint density at radius 2 is 2.00 bits per heavy atom. The van der Waals surface area contributed by atoms with Gasteiger partial charge in [0, 0.05) is 26.5 Å². The minimum Gasteiger partial charge on any atom is -0.382 e. The number of amides is 2. The normalized spacial score (nSPS) is 20.9. The van der Waals surface area contributed by atoms with E-state index >= 15 is 0 Å². The zero-order valence-electron chi connectivity index (χ0n) is 9.23. The number of methoxy groups -OCH3 is 1. The van der Waals surface area contributed by atoms with Gasteiger partial charge in [0.1, 0.15) is 0 Å². The van der Waals surface area contributed by atoms with E-state index in [1.54, 1.807) is 0 Å². The Bertz CT molecular complexity index is 237. The van der Waals surface area contributed by atoms with Crippen molar-refractivity contribution in [2.24, 2.45) is 11.7 Å². The molecule has 2 amide bonds. The molecule has 0 bridgehead atoms. The lowest BCUT2D eigenvalue weighted by Gasteiger charge is -2.33. The van der Waals surface area contributed by atoms with E-state index < -0.39 is 0 Å². The van der Waals surface area contributed by atoms with E-state index in [2.05, 4.69) is 0 Å². The molecule has 1 rings (SSSR count). The predicted octanol–water partition coefficient (Wildman–Crippen LogP) is -0.255. The quantitative estimate of drug-likeness (QED) is 0.655. The number of rotatable bonds is 4. The largest absolute Gasteiger partial charge is 0.382 e. The summed E-state index contributed by atoms with van der Waals surface area (Å²) >= 11 is 0. The maximum absolute atomic E-state index is 11.7. The van der Waals surface area contributed by atoms with Crippen LogP contribution in [0.15, 0.2) is 0 Å². The van der Waals surface area contributed by atoms with Gasteiger partial charge in [0.05, 0.1) is 12.6 Å². The molecule has 0 aromatic rings. The molecule has 1 atom stereocenters. The van der Waals surface area contributed by atoms with Crippen LogP contribution in [0.1, 0.15) is 19.8 Å². The third kappa shape index (κ3) is 2.76. The fourth-order valence-electron chi connectivity index (χ4n) is 1.85. The zero-order valence-corrected chi connectivity index (χ0v) is 9.23. The van der Waals surface area contributed by atoms with Gasteiger partial charge in [-0.25, -0.2) is 0 Å². The average Bonchev–Trinajstić information content (AvgIpc) is 2.14. The fourth-order valence-corrected chi connectivity index (χ4v) is 1.85. The number of carbonyl (C=O) groups excluding carboxylic acids is 2. The highest BCUT2D eigenvalue weighted by molar-refractivity contribution is 5.98. The lowest BCUT2D eigenvalue weighted by molar-refractivity contribution is -0.153. The predicted molar refractivity (Wildman–Crippen MR) is 55.0 cm³/mol. The van der Waals surface area contributed by atoms with Crippen LogP contribution in [0.4, 0.5) is 0 Å². The molecule has 1 aliphatic heterocycles. The van der Waals surface area contributed by atoms with Crippen molar-refractivity contribution >= 4 is 11.8 Å². The van der Waals surface area contributed by atoms with Gasteiger partial charge in [-0.1, -0.05) is 6.92 Å². The Hall–Kier alpha value is -0.940. The molecule has 1 saturated heterocycles. The molecule has 2 N–H and O–H groups in total. The summed E-state index contributed by atoms with van der Waals surface area (Å²) in [6.07, 6.45) is 0.845. The molecule has 1 unspecified atom stereocenters. The number of hydrogen-bond acceptors (Lipinski definition) is 4. The highest BCUT2D eigenvalue weighted by atomic mass is 16.5. The second kappa shape index (κ2) is 5.23. The van der Waals surface area contributed by atoms with Gasteiger partial charge in [-0.15, -0.1) is 0 Å². The van der Waals surface area contributed by atoms with Gasteiger partial charge in [-0.05, 0) is 5.92 Å². The minimum absolute atomic E-state index is 0.133. The fraction of sp³-hybridized carbons (Fsp3) is 0.800. The number of carbonyl (C=O) groups is 2. The topological polar surface area (TPSA) is 72.6 Å². The van der Waals surface area contributed by atoms with Crippen LogP contribution < -0.4 is 5.73 Å². The molecular formula is C10H18N2O3. The molecule has 1 heterocycles. The number of ether oxygens (including phenoxy) is 1. The first-order valence-corrected chi connectivity index (χ1v) is 5.14. The molecule has 0 radical (unpaired) electrons. The number of piperidine rings is 1. The van der Waals surface area contributed by atoms with Gasteiger partial charge in [0.25, 0.3) is 0 Å². The van der Waals surface area contributed by atoms with Crippen LogP contribution in [0.5, 0.6) is 0 Å². The van der Waals surface area contributed by atoms with Crippen LogP contribution in [0, 0.1) is 5.92 Å². The summed E-state index contributed by atoms with van der Waals surface area (Å²) < 4.78 is 4.95. The zero-order chi connectivity index (χ0) is 11.4. The van der Waals surface area contributed by atoms with Crippen LogP contribution in [-0.4, -0.2) is 43.0 Å². The Balaban J connectivity index is 2.73. The van der Waals surface area contributed by atoms with Gasteiger partial charge in [0.15, 0.2) is 0 Å². The first-order valence-electron chi connectivity index (χ1n) is 5.14. The molecule has 0 aromatic heterocycles. The Labute approximate surface area is 89.6 Å². The summed E-state index contributed by atoms with van der Waals surface area (Å²) in [6, 6.07) is -0.317. The van der Waals surface area contributed by atoms with Crippen LogP contribution in [0.3, 0.4) is 0 Å². The van der Waals surface area contributed by atoms with Crippen molar-refractivity contribution in [1.29, 1.82) is 0 Å². The van der Waals surface area contributed by atoms with Gasteiger partial charge in [-0.2, -0.15) is 0 Å². The monoisotopic (exact) mass is 214 g/mol. The van der Waals surface area contributed by atoms with E-state index in [9.17, 15) is 9.59 Å². The van der Waals surface area contributed by atoms with Crippen LogP contribution in [-0.2, 0) is 14.3 Å². The summed E-state index contributed by atoms with van der Waals surface area (Å²) in [7, 11) is 1.53. The summed E-state index contributed by atoms with van der Waals surface area (Å²) in [6.45, 7) is 2.46. The SMILES string of the molecule is COCC(CN)N1C(=O)CC(C)CC1=O. The number of nitrogens with zero attached hydrogens (tertiary/aromatic N) is 1. The maximum Gasteiger partial charge on any atom is 0.229 e. The van der Waals surface area contributed by atoms with E-state index in [4.69, 9.17) is 10.5 Å². The van der Waals surface area contributed by atoms with Gasteiger partial charge < -0.3 is 10.5 Å². The second-order valence-corrected chi connectivity index (χ2v) is 4.02. The van der Waals surface area contributed by atoms with Gasteiger partial charge in [0.2, 0.25) is 11.8 Å². The average molecular weight is 214 g/mol. The van der Waals surface area contributed by atoms with E-state index in [0.717, 1.165) is 0 Å². The first-order chi connectivity index (χ1) is 7.10. The van der Waals surface area contributed by atoms with E-state index in [1.165, 1.54) is 12.0 Å². The second-order valence-electron chi connectivity index (χ2n) is 4.02.